The van der Waals surface area contributed by atoms with E-state index in [4.69, 9.17) is 22.1 Å². The van der Waals surface area contributed by atoms with E-state index in [2.05, 4.69) is 5.32 Å². The van der Waals surface area contributed by atoms with Gasteiger partial charge < -0.3 is 15.8 Å². The summed E-state index contributed by atoms with van der Waals surface area (Å²) < 4.78 is 5.07. The highest BCUT2D eigenvalue weighted by atomic mass is 35.5. The van der Waals surface area contributed by atoms with Gasteiger partial charge in [0, 0.05) is 17.6 Å². The normalized spacial score (nSPS) is 21.8. The fourth-order valence-corrected chi connectivity index (χ4v) is 2.71. The van der Waals surface area contributed by atoms with Gasteiger partial charge in [0.2, 0.25) is 5.91 Å². The Morgan fingerprint density at radius 1 is 1.45 bits per heavy atom. The van der Waals surface area contributed by atoms with E-state index in [0.29, 0.717) is 16.5 Å². The molecule has 112 valence electrons. The van der Waals surface area contributed by atoms with Crippen molar-refractivity contribution in [1.82, 2.24) is 0 Å². The smallest absolute Gasteiger partial charge is 0.227 e. The molecule has 1 saturated carbocycles. The van der Waals surface area contributed by atoms with E-state index in [0.717, 1.165) is 25.7 Å². The Hall–Kier alpha value is -0.970. The maximum Gasteiger partial charge on any atom is 0.227 e. The molecule has 1 amide bonds. The molecule has 0 aromatic heterocycles. The molecule has 2 rings (SSSR count). The van der Waals surface area contributed by atoms with Crippen LogP contribution in [0.15, 0.2) is 18.2 Å². The largest absolute Gasteiger partial charge is 0.495 e. The minimum atomic E-state index is 0. The zero-order valence-corrected chi connectivity index (χ0v) is 13.0. The summed E-state index contributed by atoms with van der Waals surface area (Å²) in [6.45, 7) is 0. The molecule has 6 heteroatoms. The summed E-state index contributed by atoms with van der Waals surface area (Å²) >= 11 is 6.03. The molecule has 0 radical (unpaired) electrons. The number of nitrogens with two attached hydrogens (primary N) is 1. The number of nitrogens with one attached hydrogen (secondary N) is 1. The Kier molecular flexibility index (Phi) is 6.59. The second-order valence-electron chi connectivity index (χ2n) is 4.96. The number of benzene rings is 1. The van der Waals surface area contributed by atoms with Crippen LogP contribution in [0.1, 0.15) is 25.7 Å². The van der Waals surface area contributed by atoms with Crippen molar-refractivity contribution in [3.63, 3.8) is 0 Å². The number of anilines is 1. The maximum atomic E-state index is 12.1. The fraction of sp³-hybridized carbons (Fsp3) is 0.500. The molecule has 2 unspecified atom stereocenters. The Morgan fingerprint density at radius 2 is 2.20 bits per heavy atom. The zero-order valence-electron chi connectivity index (χ0n) is 11.4. The second kappa shape index (κ2) is 7.72. The molecule has 1 aliphatic rings. The van der Waals surface area contributed by atoms with Gasteiger partial charge >= 0.3 is 0 Å². The first kappa shape index (κ1) is 17.1. The van der Waals surface area contributed by atoms with Crippen molar-refractivity contribution in [2.24, 2.45) is 11.7 Å². The number of methoxy groups -OCH3 is 1. The first-order chi connectivity index (χ1) is 9.10. The molecule has 0 aliphatic heterocycles. The lowest BCUT2D eigenvalue weighted by molar-refractivity contribution is -0.120. The van der Waals surface area contributed by atoms with Gasteiger partial charge in [-0.05, 0) is 37.5 Å². The van der Waals surface area contributed by atoms with Gasteiger partial charge in [-0.15, -0.1) is 12.4 Å². The predicted octanol–water partition coefficient (Wildman–Crippen LogP) is 3.23. The van der Waals surface area contributed by atoms with Gasteiger partial charge in [0.15, 0.2) is 0 Å². The minimum absolute atomic E-state index is 0. The van der Waals surface area contributed by atoms with Crippen LogP contribution in [0.25, 0.3) is 0 Å². The number of hydrogen-bond donors (Lipinski definition) is 2. The number of halogens is 2. The highest BCUT2D eigenvalue weighted by Gasteiger charge is 2.25. The summed E-state index contributed by atoms with van der Waals surface area (Å²) in [6.07, 6.45) is 3.69. The molecule has 3 N–H and O–H groups in total. The van der Waals surface area contributed by atoms with E-state index in [9.17, 15) is 4.79 Å². The lowest BCUT2D eigenvalue weighted by Gasteiger charge is -2.25. The van der Waals surface area contributed by atoms with Crippen molar-refractivity contribution in [3.05, 3.63) is 23.2 Å². The molecule has 4 nitrogen and oxygen atoms in total. The van der Waals surface area contributed by atoms with Crippen LogP contribution in [-0.2, 0) is 4.79 Å². The first-order valence-electron chi connectivity index (χ1n) is 6.50. The van der Waals surface area contributed by atoms with Gasteiger partial charge in [0.05, 0.1) is 12.1 Å². The molecule has 0 spiro atoms. The summed E-state index contributed by atoms with van der Waals surface area (Å²) in [5.41, 5.74) is 6.59. The van der Waals surface area contributed by atoms with E-state index >= 15 is 0 Å². The molecule has 0 saturated heterocycles. The molecule has 1 fully saturated rings. The average molecular weight is 319 g/mol. The Labute approximate surface area is 130 Å². The highest BCUT2D eigenvalue weighted by Crippen LogP contribution is 2.29. The van der Waals surface area contributed by atoms with Crippen molar-refractivity contribution in [1.29, 1.82) is 0 Å². The van der Waals surface area contributed by atoms with Crippen molar-refractivity contribution < 1.29 is 9.53 Å². The third kappa shape index (κ3) is 4.27. The summed E-state index contributed by atoms with van der Waals surface area (Å²) in [4.78, 5) is 12.1. The summed E-state index contributed by atoms with van der Waals surface area (Å²) in [5, 5.41) is 3.38. The topological polar surface area (TPSA) is 64.3 Å². The van der Waals surface area contributed by atoms with Crippen molar-refractivity contribution in [2.75, 3.05) is 12.4 Å². The van der Waals surface area contributed by atoms with E-state index in [1.54, 1.807) is 25.3 Å². The lowest BCUT2D eigenvalue weighted by Crippen LogP contribution is -2.34. The summed E-state index contributed by atoms with van der Waals surface area (Å²) in [6, 6.07) is 5.36. The lowest BCUT2D eigenvalue weighted by atomic mass is 9.85. The van der Waals surface area contributed by atoms with Crippen LogP contribution in [-0.4, -0.2) is 19.1 Å². The molecule has 1 aromatic rings. The maximum absolute atomic E-state index is 12.1. The molecule has 0 bridgehead atoms. The van der Waals surface area contributed by atoms with Crippen LogP contribution in [0.3, 0.4) is 0 Å². The van der Waals surface area contributed by atoms with E-state index in [-0.39, 0.29) is 30.3 Å². The van der Waals surface area contributed by atoms with Crippen molar-refractivity contribution in [2.45, 2.75) is 31.7 Å². The van der Waals surface area contributed by atoms with Crippen molar-refractivity contribution >= 4 is 35.6 Å². The first-order valence-corrected chi connectivity index (χ1v) is 6.88. The quantitative estimate of drug-likeness (QED) is 0.899. The monoisotopic (exact) mass is 318 g/mol. The van der Waals surface area contributed by atoms with Gasteiger partial charge in [-0.25, -0.2) is 0 Å². The molecule has 20 heavy (non-hydrogen) atoms. The Morgan fingerprint density at radius 3 is 2.80 bits per heavy atom. The second-order valence-corrected chi connectivity index (χ2v) is 5.37. The molecular weight excluding hydrogens is 299 g/mol. The number of hydrogen-bond acceptors (Lipinski definition) is 3. The van der Waals surface area contributed by atoms with Crippen LogP contribution in [0.4, 0.5) is 5.69 Å². The molecule has 2 atom stereocenters. The van der Waals surface area contributed by atoms with Crippen LogP contribution in [0.5, 0.6) is 5.75 Å². The van der Waals surface area contributed by atoms with Gasteiger partial charge in [-0.3, -0.25) is 4.79 Å². The third-order valence-electron chi connectivity index (χ3n) is 3.50. The Balaban J connectivity index is 0.00000200. The number of rotatable bonds is 3. The zero-order chi connectivity index (χ0) is 13.8. The highest BCUT2D eigenvalue weighted by molar-refractivity contribution is 6.32. The fourth-order valence-electron chi connectivity index (χ4n) is 2.45. The van der Waals surface area contributed by atoms with Gasteiger partial charge in [-0.1, -0.05) is 18.0 Å². The number of carbonyl (C=O) groups is 1. The molecule has 1 aliphatic carbocycles. The molecule has 1 aromatic carbocycles. The van der Waals surface area contributed by atoms with Crippen LogP contribution < -0.4 is 15.8 Å². The van der Waals surface area contributed by atoms with Crippen molar-refractivity contribution in [3.8, 4) is 5.75 Å². The number of amides is 1. The molecule has 0 heterocycles. The minimum Gasteiger partial charge on any atom is -0.495 e. The van der Waals surface area contributed by atoms with E-state index in [1.807, 2.05) is 0 Å². The van der Waals surface area contributed by atoms with Gasteiger partial charge in [-0.2, -0.15) is 0 Å². The van der Waals surface area contributed by atoms with Gasteiger partial charge in [0.25, 0.3) is 0 Å². The number of ether oxygens (including phenoxy) is 1. The van der Waals surface area contributed by atoms with Gasteiger partial charge in [0.1, 0.15) is 5.75 Å². The van der Waals surface area contributed by atoms with Crippen LogP contribution >= 0.6 is 24.0 Å². The van der Waals surface area contributed by atoms with Crippen LogP contribution in [0.2, 0.25) is 5.02 Å². The van der Waals surface area contributed by atoms with E-state index in [1.165, 1.54) is 0 Å². The number of carbonyl (C=O) groups excluding carboxylic acids is 1. The summed E-state index contributed by atoms with van der Waals surface area (Å²) in [5.74, 6) is 0.625. The summed E-state index contributed by atoms with van der Waals surface area (Å²) in [7, 11) is 1.56. The van der Waals surface area contributed by atoms with Crippen LogP contribution in [0, 0.1) is 5.92 Å². The SMILES string of the molecule is COc1ccc(NC(=O)C2CCCC(N)C2)cc1Cl.Cl. The standard InChI is InChI=1S/C14H19ClN2O2.ClH/c1-19-13-6-5-11(8-12(13)15)17-14(18)9-3-2-4-10(16)7-9;/h5-6,8-10H,2-4,7,16H2,1H3,(H,17,18);1H. The molecular formula is C14H20Cl2N2O2. The Bertz CT molecular complexity index is 468. The average Bonchev–Trinajstić information content (AvgIpc) is 2.39. The van der Waals surface area contributed by atoms with E-state index < -0.39 is 0 Å². The third-order valence-corrected chi connectivity index (χ3v) is 3.80. The predicted molar refractivity (Wildman–Crippen MR) is 83.8 cm³/mol.